The third kappa shape index (κ3) is 5.14. The summed E-state index contributed by atoms with van der Waals surface area (Å²) in [4.78, 5) is 19.7. The number of likely N-dealkylation sites (tertiary alicyclic amines) is 1. The highest BCUT2D eigenvalue weighted by atomic mass is 35.5. The van der Waals surface area contributed by atoms with Crippen LogP contribution in [0.1, 0.15) is 44.1 Å². The predicted molar refractivity (Wildman–Crippen MR) is 122 cm³/mol. The van der Waals surface area contributed by atoms with Crippen LogP contribution in [0.25, 0.3) is 11.4 Å². The lowest BCUT2D eigenvalue weighted by Crippen LogP contribution is -2.40. The molecule has 1 atom stereocenters. The number of benzene rings is 2. The Morgan fingerprint density at radius 3 is 2.81 bits per heavy atom. The number of piperidine rings is 1. The molecule has 31 heavy (non-hydrogen) atoms. The van der Waals surface area contributed by atoms with Crippen molar-refractivity contribution in [3.8, 4) is 11.4 Å². The third-order valence-electron chi connectivity index (χ3n) is 5.66. The molecule has 2 aromatic carbocycles. The van der Waals surface area contributed by atoms with Crippen LogP contribution in [0.5, 0.6) is 0 Å². The molecule has 4 rings (SSSR count). The number of aromatic nitrogens is 2. The van der Waals surface area contributed by atoms with Crippen molar-refractivity contribution in [2.24, 2.45) is 5.92 Å². The highest BCUT2D eigenvalue weighted by Crippen LogP contribution is 2.27. The topological polar surface area (TPSA) is 71.3 Å². The molecule has 1 fully saturated rings. The number of amides is 1. The molecule has 1 aromatic heterocycles. The second kappa shape index (κ2) is 9.62. The lowest BCUT2D eigenvalue weighted by atomic mass is 9.96. The molecule has 0 radical (unpaired) electrons. The first-order chi connectivity index (χ1) is 15.0. The van der Waals surface area contributed by atoms with Crippen molar-refractivity contribution < 1.29 is 9.32 Å². The minimum Gasteiger partial charge on any atom is -0.338 e. The fourth-order valence-electron chi connectivity index (χ4n) is 4.02. The summed E-state index contributed by atoms with van der Waals surface area (Å²) in [6, 6.07) is 15.4. The van der Waals surface area contributed by atoms with Gasteiger partial charge in [-0.3, -0.25) is 9.69 Å². The molecule has 1 amide bonds. The average molecular weight is 439 g/mol. The smallest absolute Gasteiger partial charge is 0.241 e. The molecule has 1 aliphatic rings. The van der Waals surface area contributed by atoms with E-state index in [2.05, 4.69) is 40.3 Å². The molecular formula is C24H27ClN4O2. The van der Waals surface area contributed by atoms with E-state index in [4.69, 9.17) is 16.1 Å². The summed E-state index contributed by atoms with van der Waals surface area (Å²) in [6.45, 7) is 6.35. The first kappa shape index (κ1) is 21.5. The Morgan fingerprint density at radius 2 is 2.00 bits per heavy atom. The van der Waals surface area contributed by atoms with Crippen LogP contribution in [0.4, 0.5) is 5.69 Å². The number of para-hydroxylation sites is 1. The van der Waals surface area contributed by atoms with E-state index in [0.717, 1.165) is 36.2 Å². The molecule has 1 N–H and O–H groups in total. The Labute approximate surface area is 187 Å². The number of nitrogens with zero attached hydrogens (tertiary/aromatic N) is 3. The van der Waals surface area contributed by atoms with Crippen molar-refractivity contribution in [2.45, 2.75) is 39.2 Å². The number of rotatable bonds is 6. The zero-order chi connectivity index (χ0) is 21.8. The molecule has 0 saturated carbocycles. The van der Waals surface area contributed by atoms with E-state index < -0.39 is 0 Å². The largest absolute Gasteiger partial charge is 0.338 e. The Kier molecular flexibility index (Phi) is 6.68. The van der Waals surface area contributed by atoms with Gasteiger partial charge < -0.3 is 9.84 Å². The molecule has 6 nitrogen and oxygen atoms in total. The summed E-state index contributed by atoms with van der Waals surface area (Å²) < 4.78 is 5.45. The van der Waals surface area contributed by atoms with E-state index >= 15 is 0 Å². The van der Waals surface area contributed by atoms with Crippen molar-refractivity contribution in [3.05, 3.63) is 65.0 Å². The second-order valence-corrected chi connectivity index (χ2v) is 8.70. The number of nitrogens with one attached hydrogen (secondary N) is 1. The molecule has 3 aromatic rings. The van der Waals surface area contributed by atoms with E-state index in [-0.39, 0.29) is 11.8 Å². The van der Waals surface area contributed by atoms with E-state index in [1.54, 1.807) is 6.07 Å². The van der Waals surface area contributed by atoms with Gasteiger partial charge >= 0.3 is 0 Å². The van der Waals surface area contributed by atoms with Crippen molar-refractivity contribution in [1.29, 1.82) is 0 Å². The molecule has 2 heterocycles. The van der Waals surface area contributed by atoms with Crippen LogP contribution in [0.15, 0.2) is 53.1 Å². The summed E-state index contributed by atoms with van der Waals surface area (Å²) in [5.41, 5.74) is 2.81. The minimum atomic E-state index is -0.0695. The maximum Gasteiger partial charge on any atom is 0.241 e. The van der Waals surface area contributed by atoms with Gasteiger partial charge in [-0.1, -0.05) is 60.9 Å². The van der Waals surface area contributed by atoms with Gasteiger partial charge in [0, 0.05) is 17.8 Å². The number of carbonyl (C=O) groups is 1. The third-order valence-corrected chi connectivity index (χ3v) is 5.99. The minimum absolute atomic E-state index is 0.0695. The van der Waals surface area contributed by atoms with E-state index in [9.17, 15) is 4.79 Å². The van der Waals surface area contributed by atoms with Crippen LogP contribution in [-0.4, -0.2) is 34.0 Å². The Bertz CT molecular complexity index is 1050. The van der Waals surface area contributed by atoms with Crippen LogP contribution in [0.3, 0.4) is 0 Å². The molecule has 1 saturated heterocycles. The SMILES string of the molecule is CC(C)c1ccccc1NC(=O)C1CCCN(Cc2nc(-c3ccccc3Cl)no2)C1. The maximum atomic E-state index is 13.0. The van der Waals surface area contributed by atoms with Gasteiger partial charge in [-0.15, -0.1) is 0 Å². The van der Waals surface area contributed by atoms with Crippen molar-refractivity contribution in [2.75, 3.05) is 18.4 Å². The van der Waals surface area contributed by atoms with Crippen LogP contribution in [0.2, 0.25) is 5.02 Å². The zero-order valence-corrected chi connectivity index (χ0v) is 18.6. The second-order valence-electron chi connectivity index (χ2n) is 8.30. The summed E-state index contributed by atoms with van der Waals surface area (Å²) >= 11 is 6.23. The zero-order valence-electron chi connectivity index (χ0n) is 17.8. The van der Waals surface area contributed by atoms with Crippen molar-refractivity contribution in [3.63, 3.8) is 0 Å². The Morgan fingerprint density at radius 1 is 1.23 bits per heavy atom. The highest BCUT2D eigenvalue weighted by Gasteiger charge is 2.27. The van der Waals surface area contributed by atoms with Gasteiger partial charge in [0.2, 0.25) is 17.6 Å². The molecule has 0 aliphatic carbocycles. The number of anilines is 1. The fraction of sp³-hybridized carbons (Fsp3) is 0.375. The van der Waals surface area contributed by atoms with E-state index in [1.807, 2.05) is 36.4 Å². The summed E-state index contributed by atoms with van der Waals surface area (Å²) in [7, 11) is 0. The van der Waals surface area contributed by atoms with Gasteiger partial charge in [0.05, 0.1) is 17.5 Å². The number of halogens is 1. The number of carbonyl (C=O) groups excluding carboxylic acids is 1. The molecule has 1 unspecified atom stereocenters. The van der Waals surface area contributed by atoms with Gasteiger partial charge in [0.15, 0.2) is 0 Å². The van der Waals surface area contributed by atoms with Gasteiger partial charge in [-0.2, -0.15) is 4.98 Å². The summed E-state index contributed by atoms with van der Waals surface area (Å²) in [6.07, 6.45) is 1.83. The predicted octanol–water partition coefficient (Wildman–Crippen LogP) is 5.36. The van der Waals surface area contributed by atoms with E-state index in [0.29, 0.717) is 35.7 Å². The first-order valence-corrected chi connectivity index (χ1v) is 11.1. The molecule has 7 heteroatoms. The lowest BCUT2D eigenvalue weighted by Gasteiger charge is -2.31. The monoisotopic (exact) mass is 438 g/mol. The molecule has 0 bridgehead atoms. The number of hydrogen-bond donors (Lipinski definition) is 1. The van der Waals surface area contributed by atoms with Crippen molar-refractivity contribution >= 4 is 23.2 Å². The van der Waals surface area contributed by atoms with Crippen LogP contribution >= 0.6 is 11.6 Å². The highest BCUT2D eigenvalue weighted by molar-refractivity contribution is 6.33. The normalized spacial score (nSPS) is 17.1. The molecule has 0 spiro atoms. The van der Waals surface area contributed by atoms with Gasteiger partial charge in [0.1, 0.15) is 0 Å². The summed E-state index contributed by atoms with van der Waals surface area (Å²) in [5, 5.41) is 7.81. The van der Waals surface area contributed by atoms with Gasteiger partial charge in [-0.25, -0.2) is 0 Å². The van der Waals surface area contributed by atoms with Crippen LogP contribution in [-0.2, 0) is 11.3 Å². The van der Waals surface area contributed by atoms with Crippen LogP contribution < -0.4 is 5.32 Å². The average Bonchev–Trinajstić information content (AvgIpc) is 3.22. The lowest BCUT2D eigenvalue weighted by molar-refractivity contribution is -0.121. The molecular weight excluding hydrogens is 412 g/mol. The standard InChI is InChI=1S/C24H27ClN4O2/c1-16(2)18-9-4-6-12-21(18)26-24(30)17-8-7-13-29(14-17)15-22-27-23(28-31-22)19-10-3-5-11-20(19)25/h3-6,9-12,16-17H,7-8,13-15H2,1-2H3,(H,26,30). The quantitative estimate of drug-likeness (QED) is 0.560. The molecule has 1 aliphatic heterocycles. The Balaban J connectivity index is 1.39. The van der Waals surface area contributed by atoms with Gasteiger partial charge in [-0.05, 0) is 49.1 Å². The van der Waals surface area contributed by atoms with Gasteiger partial charge in [0.25, 0.3) is 0 Å². The Hall–Kier alpha value is -2.70. The van der Waals surface area contributed by atoms with Crippen molar-refractivity contribution in [1.82, 2.24) is 15.0 Å². The fourth-order valence-corrected chi connectivity index (χ4v) is 4.24. The van der Waals surface area contributed by atoms with E-state index in [1.165, 1.54) is 0 Å². The van der Waals surface area contributed by atoms with Crippen LogP contribution in [0, 0.1) is 5.92 Å². The first-order valence-electron chi connectivity index (χ1n) is 10.7. The maximum absolute atomic E-state index is 13.0. The molecule has 162 valence electrons. The summed E-state index contributed by atoms with van der Waals surface area (Å²) in [5.74, 6) is 1.36. The number of hydrogen-bond acceptors (Lipinski definition) is 5.